The summed E-state index contributed by atoms with van der Waals surface area (Å²) in [6.07, 6.45) is 0. The van der Waals surface area contributed by atoms with E-state index < -0.39 is 0 Å². The minimum absolute atomic E-state index is 0.00226. The molecule has 5 heteroatoms. The lowest BCUT2D eigenvalue weighted by Gasteiger charge is -2.20. The van der Waals surface area contributed by atoms with Crippen molar-refractivity contribution >= 4 is 11.6 Å². The average molecular weight is 222 g/mol. The van der Waals surface area contributed by atoms with E-state index in [2.05, 4.69) is 0 Å². The Bertz CT molecular complexity index is 406. The largest absolute Gasteiger partial charge is 0.454 e. The fraction of sp³-hybridized carbons (Fsp3) is 0.364. The Kier molecular flexibility index (Phi) is 2.96. The Morgan fingerprint density at radius 3 is 2.88 bits per heavy atom. The fourth-order valence-corrected chi connectivity index (χ4v) is 1.67. The van der Waals surface area contributed by atoms with Gasteiger partial charge in [-0.15, -0.1) is 0 Å². The van der Waals surface area contributed by atoms with Gasteiger partial charge in [-0.05, 0) is 19.1 Å². The summed E-state index contributed by atoms with van der Waals surface area (Å²) in [5.74, 6) is 1.27. The maximum Gasteiger partial charge on any atom is 0.240 e. The summed E-state index contributed by atoms with van der Waals surface area (Å²) in [6.45, 7) is 2.71. The molecular weight excluding hydrogens is 208 g/mol. The number of nitrogens with zero attached hydrogens (tertiary/aromatic N) is 1. The second kappa shape index (κ2) is 4.40. The van der Waals surface area contributed by atoms with Crippen LogP contribution in [0, 0.1) is 0 Å². The van der Waals surface area contributed by atoms with Crippen LogP contribution in [-0.2, 0) is 4.79 Å². The number of nitrogens with two attached hydrogens (primary N) is 1. The number of hydrogen-bond acceptors (Lipinski definition) is 4. The van der Waals surface area contributed by atoms with Gasteiger partial charge in [0, 0.05) is 18.3 Å². The molecule has 16 heavy (non-hydrogen) atoms. The van der Waals surface area contributed by atoms with E-state index in [1.165, 1.54) is 0 Å². The van der Waals surface area contributed by atoms with Crippen LogP contribution >= 0.6 is 0 Å². The average Bonchev–Trinajstić information content (AvgIpc) is 2.77. The summed E-state index contributed by atoms with van der Waals surface area (Å²) >= 11 is 0. The van der Waals surface area contributed by atoms with Gasteiger partial charge in [-0.2, -0.15) is 0 Å². The van der Waals surface area contributed by atoms with Crippen molar-refractivity contribution in [2.24, 2.45) is 5.73 Å². The summed E-state index contributed by atoms with van der Waals surface area (Å²) in [5.41, 5.74) is 6.13. The Hall–Kier alpha value is -1.75. The molecule has 1 aliphatic heterocycles. The van der Waals surface area contributed by atoms with Gasteiger partial charge in [-0.3, -0.25) is 4.79 Å². The SMILES string of the molecule is CCN(C(=O)CN)c1ccc2c(c1)OCO2. The van der Waals surface area contributed by atoms with Crippen molar-refractivity contribution in [2.75, 3.05) is 24.8 Å². The summed E-state index contributed by atoms with van der Waals surface area (Å²) in [7, 11) is 0. The van der Waals surface area contributed by atoms with Gasteiger partial charge < -0.3 is 20.1 Å². The molecule has 1 heterocycles. The molecular formula is C11H14N2O3. The zero-order valence-corrected chi connectivity index (χ0v) is 9.10. The topological polar surface area (TPSA) is 64.8 Å². The summed E-state index contributed by atoms with van der Waals surface area (Å²) in [5, 5.41) is 0. The van der Waals surface area contributed by atoms with Crippen molar-refractivity contribution in [3.63, 3.8) is 0 Å². The van der Waals surface area contributed by atoms with Crippen molar-refractivity contribution in [3.8, 4) is 11.5 Å². The first kappa shape index (κ1) is 10.8. The maximum atomic E-state index is 11.6. The highest BCUT2D eigenvalue weighted by atomic mass is 16.7. The van der Waals surface area contributed by atoms with Crippen LogP contribution < -0.4 is 20.1 Å². The highest BCUT2D eigenvalue weighted by molar-refractivity contribution is 5.94. The molecule has 0 bridgehead atoms. The number of benzene rings is 1. The lowest BCUT2D eigenvalue weighted by molar-refractivity contribution is -0.117. The van der Waals surface area contributed by atoms with Gasteiger partial charge in [-0.25, -0.2) is 0 Å². The maximum absolute atomic E-state index is 11.6. The number of rotatable bonds is 3. The first-order valence-electron chi connectivity index (χ1n) is 5.16. The molecule has 1 aliphatic rings. The summed E-state index contributed by atoms with van der Waals surface area (Å²) in [4.78, 5) is 13.2. The van der Waals surface area contributed by atoms with Crippen molar-refractivity contribution in [1.29, 1.82) is 0 Å². The number of ether oxygens (including phenoxy) is 2. The number of anilines is 1. The molecule has 0 radical (unpaired) electrons. The number of hydrogen-bond donors (Lipinski definition) is 1. The number of carbonyl (C=O) groups is 1. The molecule has 0 spiro atoms. The van der Waals surface area contributed by atoms with Gasteiger partial charge in [-0.1, -0.05) is 0 Å². The third kappa shape index (κ3) is 1.81. The zero-order valence-electron chi connectivity index (χ0n) is 9.10. The molecule has 86 valence electrons. The van der Waals surface area contributed by atoms with E-state index in [0.29, 0.717) is 18.0 Å². The minimum Gasteiger partial charge on any atom is -0.454 e. The summed E-state index contributed by atoms with van der Waals surface area (Å²) in [6, 6.07) is 5.41. The van der Waals surface area contributed by atoms with Crippen molar-refractivity contribution in [3.05, 3.63) is 18.2 Å². The van der Waals surface area contributed by atoms with Crippen molar-refractivity contribution < 1.29 is 14.3 Å². The molecule has 0 saturated heterocycles. The van der Waals surface area contributed by atoms with Gasteiger partial charge in [0.2, 0.25) is 12.7 Å². The van der Waals surface area contributed by atoms with Gasteiger partial charge >= 0.3 is 0 Å². The van der Waals surface area contributed by atoms with Crippen molar-refractivity contribution in [2.45, 2.75) is 6.92 Å². The van der Waals surface area contributed by atoms with Crippen molar-refractivity contribution in [1.82, 2.24) is 0 Å². The number of amides is 1. The van der Waals surface area contributed by atoms with E-state index in [0.717, 1.165) is 5.69 Å². The normalized spacial score (nSPS) is 12.6. The van der Waals surface area contributed by atoms with Gasteiger partial charge in [0.15, 0.2) is 11.5 Å². The van der Waals surface area contributed by atoms with Crippen LogP contribution in [0.2, 0.25) is 0 Å². The van der Waals surface area contributed by atoms with Crippen LogP contribution in [0.25, 0.3) is 0 Å². The Morgan fingerprint density at radius 2 is 2.19 bits per heavy atom. The lowest BCUT2D eigenvalue weighted by atomic mass is 10.2. The van der Waals surface area contributed by atoms with E-state index >= 15 is 0 Å². The van der Waals surface area contributed by atoms with Gasteiger partial charge in [0.05, 0.1) is 6.54 Å². The molecule has 1 aromatic rings. The van der Waals surface area contributed by atoms with Crippen LogP contribution in [0.1, 0.15) is 6.92 Å². The van der Waals surface area contributed by atoms with Crippen LogP contribution in [0.3, 0.4) is 0 Å². The molecule has 0 aliphatic carbocycles. The highest BCUT2D eigenvalue weighted by Gasteiger charge is 2.17. The molecule has 2 N–H and O–H groups in total. The van der Waals surface area contributed by atoms with E-state index in [9.17, 15) is 4.79 Å². The number of likely N-dealkylation sites (N-methyl/N-ethyl adjacent to an activating group) is 1. The standard InChI is InChI=1S/C11H14N2O3/c1-2-13(11(14)6-12)8-3-4-9-10(5-8)16-7-15-9/h3-5H,2,6-7,12H2,1H3. The third-order valence-electron chi connectivity index (χ3n) is 2.46. The molecule has 0 unspecified atom stereocenters. The third-order valence-corrected chi connectivity index (χ3v) is 2.46. The zero-order chi connectivity index (χ0) is 11.5. The van der Waals surface area contributed by atoms with Crippen LogP contribution in [0.4, 0.5) is 5.69 Å². The Balaban J connectivity index is 2.29. The second-order valence-electron chi connectivity index (χ2n) is 3.38. The van der Waals surface area contributed by atoms with E-state index in [1.54, 1.807) is 17.0 Å². The van der Waals surface area contributed by atoms with E-state index in [-0.39, 0.29) is 19.2 Å². The molecule has 0 atom stereocenters. The minimum atomic E-state index is -0.110. The van der Waals surface area contributed by atoms with Gasteiger partial charge in [0.25, 0.3) is 0 Å². The Labute approximate surface area is 93.7 Å². The Morgan fingerprint density at radius 1 is 1.44 bits per heavy atom. The molecule has 1 aromatic carbocycles. The molecule has 0 fully saturated rings. The molecule has 1 amide bonds. The predicted octanol–water partition coefficient (Wildman–Crippen LogP) is 0.727. The first-order chi connectivity index (χ1) is 7.76. The van der Waals surface area contributed by atoms with E-state index in [4.69, 9.17) is 15.2 Å². The monoisotopic (exact) mass is 222 g/mol. The molecule has 2 rings (SSSR count). The molecule has 0 aromatic heterocycles. The smallest absolute Gasteiger partial charge is 0.240 e. The molecule has 5 nitrogen and oxygen atoms in total. The van der Waals surface area contributed by atoms with Crippen LogP contribution in [-0.4, -0.2) is 25.8 Å². The molecule has 0 saturated carbocycles. The fourth-order valence-electron chi connectivity index (χ4n) is 1.67. The van der Waals surface area contributed by atoms with Crippen LogP contribution in [0.5, 0.6) is 11.5 Å². The van der Waals surface area contributed by atoms with Gasteiger partial charge in [0.1, 0.15) is 0 Å². The van der Waals surface area contributed by atoms with Crippen LogP contribution in [0.15, 0.2) is 18.2 Å². The summed E-state index contributed by atoms with van der Waals surface area (Å²) < 4.78 is 10.5. The first-order valence-corrected chi connectivity index (χ1v) is 5.16. The number of carbonyl (C=O) groups excluding carboxylic acids is 1. The highest BCUT2D eigenvalue weighted by Crippen LogP contribution is 2.35. The second-order valence-corrected chi connectivity index (χ2v) is 3.38. The predicted molar refractivity (Wildman–Crippen MR) is 59.6 cm³/mol. The van der Waals surface area contributed by atoms with E-state index in [1.807, 2.05) is 13.0 Å². The number of fused-ring (bicyclic) bond motifs is 1. The lowest BCUT2D eigenvalue weighted by Crippen LogP contribution is -2.35. The quantitative estimate of drug-likeness (QED) is 0.818.